The Labute approximate surface area is 122 Å². The number of hydrogen-bond donors (Lipinski definition) is 1. The van der Waals surface area contributed by atoms with E-state index >= 15 is 0 Å². The maximum atomic E-state index is 13.5. The van der Waals surface area contributed by atoms with Crippen LogP contribution in [-0.4, -0.2) is 11.7 Å². The predicted octanol–water partition coefficient (Wildman–Crippen LogP) is 4.58. The van der Waals surface area contributed by atoms with E-state index in [-0.39, 0.29) is 11.6 Å². The highest BCUT2D eigenvalue weighted by Gasteiger charge is 2.12. The number of anilines is 1. The van der Waals surface area contributed by atoms with E-state index in [0.29, 0.717) is 5.56 Å². The van der Waals surface area contributed by atoms with Gasteiger partial charge in [-0.15, -0.1) is 11.8 Å². The number of nitrogens with one attached hydrogen (secondary N) is 1. The molecule has 2 aromatic carbocycles. The number of carbonyl (C=O) groups excluding carboxylic acids is 1. The predicted molar refractivity (Wildman–Crippen MR) is 81.8 cm³/mol. The van der Waals surface area contributed by atoms with E-state index in [1.54, 1.807) is 36.0 Å². The van der Waals surface area contributed by atoms with Crippen molar-refractivity contribution in [2.75, 3.05) is 11.1 Å². The molecule has 1 amide bonds. The second-order valence-corrected chi connectivity index (χ2v) is 5.42. The lowest BCUT2D eigenvalue weighted by Gasteiger charge is -2.10. The molecule has 0 aliphatic heterocycles. The van der Waals surface area contributed by atoms with Crippen LogP contribution in [0.2, 0.25) is 0 Å². The second-order valence-electron chi connectivity index (χ2n) is 4.28. The summed E-state index contributed by atoms with van der Waals surface area (Å²) in [6.45, 7) is 2.09. The van der Waals surface area contributed by atoms with Gasteiger partial charge in [0.15, 0.2) is 0 Å². The number of halogens is 1. The summed E-state index contributed by atoms with van der Waals surface area (Å²) in [5.74, 6) is 0.234. The largest absolute Gasteiger partial charge is 0.319 e. The van der Waals surface area contributed by atoms with Crippen molar-refractivity contribution in [2.24, 2.45) is 0 Å². The van der Waals surface area contributed by atoms with Gasteiger partial charge in [-0.3, -0.25) is 4.79 Å². The summed E-state index contributed by atoms with van der Waals surface area (Å²) < 4.78 is 13.5. The van der Waals surface area contributed by atoms with Crippen LogP contribution in [0.1, 0.15) is 23.7 Å². The van der Waals surface area contributed by atoms with Gasteiger partial charge in [0.05, 0.1) is 11.3 Å². The summed E-state index contributed by atoms with van der Waals surface area (Å²) in [6, 6.07) is 13.5. The minimum absolute atomic E-state index is 0.202. The zero-order chi connectivity index (χ0) is 14.4. The van der Waals surface area contributed by atoms with Crippen LogP contribution in [-0.2, 0) is 0 Å². The van der Waals surface area contributed by atoms with E-state index in [1.807, 2.05) is 18.2 Å². The van der Waals surface area contributed by atoms with Crippen LogP contribution in [0.25, 0.3) is 0 Å². The normalized spacial score (nSPS) is 10.3. The van der Waals surface area contributed by atoms with Crippen LogP contribution < -0.4 is 5.32 Å². The molecule has 0 aromatic heterocycles. The summed E-state index contributed by atoms with van der Waals surface area (Å²) in [5.41, 5.74) is 0.780. The third-order valence-corrected chi connectivity index (χ3v) is 3.99. The molecule has 1 N–H and O–H groups in total. The molecule has 0 saturated heterocycles. The SMILES string of the molecule is CCCSc1ccccc1C(=O)Nc1ccccc1F. The molecule has 0 bridgehead atoms. The molecule has 0 aliphatic carbocycles. The van der Waals surface area contributed by atoms with E-state index in [1.165, 1.54) is 6.07 Å². The molecule has 0 atom stereocenters. The van der Waals surface area contributed by atoms with Gasteiger partial charge in [0, 0.05) is 4.90 Å². The molecule has 2 aromatic rings. The minimum Gasteiger partial charge on any atom is -0.319 e. The molecule has 2 nitrogen and oxygen atoms in total. The quantitative estimate of drug-likeness (QED) is 0.816. The summed E-state index contributed by atoms with van der Waals surface area (Å²) >= 11 is 1.64. The lowest BCUT2D eigenvalue weighted by molar-refractivity contribution is 0.102. The van der Waals surface area contributed by atoms with Gasteiger partial charge in [-0.25, -0.2) is 4.39 Å². The lowest BCUT2D eigenvalue weighted by Crippen LogP contribution is -2.14. The molecular formula is C16H16FNOS. The van der Waals surface area contributed by atoms with Gasteiger partial charge in [-0.2, -0.15) is 0 Å². The van der Waals surface area contributed by atoms with E-state index in [2.05, 4.69) is 12.2 Å². The summed E-state index contributed by atoms with van der Waals surface area (Å²) in [6.07, 6.45) is 1.04. The fraction of sp³-hybridized carbons (Fsp3) is 0.188. The van der Waals surface area contributed by atoms with E-state index in [9.17, 15) is 9.18 Å². The molecule has 0 radical (unpaired) electrons. The zero-order valence-electron chi connectivity index (χ0n) is 11.2. The molecule has 0 fully saturated rings. The topological polar surface area (TPSA) is 29.1 Å². The van der Waals surface area contributed by atoms with Gasteiger partial charge in [-0.1, -0.05) is 31.2 Å². The monoisotopic (exact) mass is 289 g/mol. The summed E-state index contributed by atoms with van der Waals surface area (Å²) in [7, 11) is 0. The Morgan fingerprint density at radius 3 is 2.60 bits per heavy atom. The second kappa shape index (κ2) is 7.10. The fourth-order valence-corrected chi connectivity index (χ4v) is 2.66. The first kappa shape index (κ1) is 14.6. The Hall–Kier alpha value is -1.81. The highest BCUT2D eigenvalue weighted by molar-refractivity contribution is 7.99. The zero-order valence-corrected chi connectivity index (χ0v) is 12.0. The van der Waals surface area contributed by atoms with Crippen LogP contribution in [0, 0.1) is 5.82 Å². The number of thioether (sulfide) groups is 1. The maximum Gasteiger partial charge on any atom is 0.256 e. The van der Waals surface area contributed by atoms with Crippen molar-refractivity contribution in [1.29, 1.82) is 0 Å². The Bertz CT molecular complexity index is 601. The van der Waals surface area contributed by atoms with Gasteiger partial charge in [0.2, 0.25) is 0 Å². The number of carbonyl (C=O) groups is 1. The average Bonchev–Trinajstić information content (AvgIpc) is 2.47. The first-order valence-electron chi connectivity index (χ1n) is 6.50. The van der Waals surface area contributed by atoms with Crippen molar-refractivity contribution in [3.05, 3.63) is 59.9 Å². The third-order valence-electron chi connectivity index (χ3n) is 2.72. The van der Waals surface area contributed by atoms with Crippen molar-refractivity contribution >= 4 is 23.4 Å². The van der Waals surface area contributed by atoms with Gasteiger partial charge in [0.1, 0.15) is 5.82 Å². The molecule has 0 spiro atoms. The van der Waals surface area contributed by atoms with Crippen molar-refractivity contribution in [3.63, 3.8) is 0 Å². The lowest BCUT2D eigenvalue weighted by atomic mass is 10.2. The van der Waals surface area contributed by atoms with Crippen LogP contribution in [0.3, 0.4) is 0 Å². The highest BCUT2D eigenvalue weighted by Crippen LogP contribution is 2.24. The van der Waals surface area contributed by atoms with E-state index in [4.69, 9.17) is 0 Å². The molecule has 0 saturated carbocycles. The standard InChI is InChI=1S/C16H16FNOS/c1-2-11-20-15-10-6-3-7-12(15)16(19)18-14-9-5-4-8-13(14)17/h3-10H,2,11H2,1H3,(H,18,19). The summed E-state index contributed by atoms with van der Waals surface area (Å²) in [5, 5.41) is 2.62. The molecule has 4 heteroatoms. The molecule has 0 heterocycles. The van der Waals surface area contributed by atoms with E-state index < -0.39 is 5.82 Å². The van der Waals surface area contributed by atoms with Crippen LogP contribution >= 0.6 is 11.8 Å². The fourth-order valence-electron chi connectivity index (χ4n) is 1.74. The van der Waals surface area contributed by atoms with Crippen molar-refractivity contribution in [2.45, 2.75) is 18.2 Å². The summed E-state index contributed by atoms with van der Waals surface area (Å²) in [4.78, 5) is 13.2. The van der Waals surface area contributed by atoms with Gasteiger partial charge < -0.3 is 5.32 Å². The first-order chi connectivity index (χ1) is 9.72. The first-order valence-corrected chi connectivity index (χ1v) is 7.48. The Morgan fingerprint density at radius 1 is 1.15 bits per heavy atom. The van der Waals surface area contributed by atoms with E-state index in [0.717, 1.165) is 17.1 Å². The molecule has 0 unspecified atom stereocenters. The minimum atomic E-state index is -0.431. The number of rotatable bonds is 5. The van der Waals surface area contributed by atoms with Crippen LogP contribution in [0.4, 0.5) is 10.1 Å². The third kappa shape index (κ3) is 3.61. The number of amides is 1. The van der Waals surface area contributed by atoms with Gasteiger partial charge in [0.25, 0.3) is 5.91 Å². The Morgan fingerprint density at radius 2 is 1.85 bits per heavy atom. The number of hydrogen-bond acceptors (Lipinski definition) is 2. The van der Waals surface area contributed by atoms with Crippen LogP contribution in [0.5, 0.6) is 0 Å². The van der Waals surface area contributed by atoms with Crippen molar-refractivity contribution in [1.82, 2.24) is 0 Å². The average molecular weight is 289 g/mol. The highest BCUT2D eigenvalue weighted by atomic mass is 32.2. The van der Waals surface area contributed by atoms with Gasteiger partial charge >= 0.3 is 0 Å². The van der Waals surface area contributed by atoms with Crippen LogP contribution in [0.15, 0.2) is 53.4 Å². The molecule has 104 valence electrons. The molecule has 2 rings (SSSR count). The number of para-hydroxylation sites is 1. The molecule has 0 aliphatic rings. The molecular weight excluding hydrogens is 273 g/mol. The van der Waals surface area contributed by atoms with Crippen molar-refractivity contribution < 1.29 is 9.18 Å². The number of benzene rings is 2. The smallest absolute Gasteiger partial charge is 0.256 e. The Balaban J connectivity index is 2.19. The maximum absolute atomic E-state index is 13.5. The molecule has 20 heavy (non-hydrogen) atoms. The van der Waals surface area contributed by atoms with Crippen molar-refractivity contribution in [3.8, 4) is 0 Å². The van der Waals surface area contributed by atoms with Gasteiger partial charge in [-0.05, 0) is 36.4 Å². The Kier molecular flexibility index (Phi) is 5.18.